The Morgan fingerprint density at radius 1 is 1.33 bits per heavy atom. The molecule has 1 atom stereocenters. The second-order valence-corrected chi connectivity index (χ2v) is 5.26. The monoisotopic (exact) mass is 243 g/mol. The van der Waals surface area contributed by atoms with Crippen LogP contribution in [0.2, 0.25) is 0 Å². The van der Waals surface area contributed by atoms with Crippen molar-refractivity contribution >= 4 is 11.0 Å². The first-order valence-corrected chi connectivity index (χ1v) is 6.98. The molecule has 96 valence electrons. The average Bonchev–Trinajstić information content (AvgIpc) is 2.75. The number of hydrogen-bond donors (Lipinski definition) is 1. The molecule has 0 radical (unpaired) electrons. The Morgan fingerprint density at radius 3 is 3.00 bits per heavy atom. The lowest BCUT2D eigenvalue weighted by Crippen LogP contribution is -2.34. The van der Waals surface area contributed by atoms with E-state index in [2.05, 4.69) is 41.2 Å². The van der Waals surface area contributed by atoms with Crippen molar-refractivity contribution in [2.24, 2.45) is 7.05 Å². The molecule has 1 unspecified atom stereocenters. The van der Waals surface area contributed by atoms with Gasteiger partial charge in [0.1, 0.15) is 5.82 Å². The molecule has 2 heterocycles. The van der Waals surface area contributed by atoms with E-state index < -0.39 is 0 Å². The van der Waals surface area contributed by atoms with E-state index in [0.29, 0.717) is 6.04 Å². The van der Waals surface area contributed by atoms with Crippen LogP contribution in [0.3, 0.4) is 0 Å². The van der Waals surface area contributed by atoms with Crippen LogP contribution in [0, 0.1) is 0 Å². The summed E-state index contributed by atoms with van der Waals surface area (Å²) >= 11 is 0. The number of aromatic nitrogens is 2. The molecule has 1 fully saturated rings. The van der Waals surface area contributed by atoms with Gasteiger partial charge >= 0.3 is 0 Å². The molecule has 0 saturated carbocycles. The van der Waals surface area contributed by atoms with Crippen molar-refractivity contribution in [2.45, 2.75) is 38.1 Å². The Hall–Kier alpha value is -1.35. The number of fused-ring (bicyclic) bond motifs is 1. The van der Waals surface area contributed by atoms with Gasteiger partial charge in [-0.05, 0) is 37.9 Å². The van der Waals surface area contributed by atoms with Gasteiger partial charge in [0.15, 0.2) is 0 Å². The molecule has 2 aromatic rings. The molecule has 1 saturated heterocycles. The van der Waals surface area contributed by atoms with Crippen molar-refractivity contribution in [2.75, 3.05) is 6.54 Å². The number of hydrogen-bond acceptors (Lipinski definition) is 2. The van der Waals surface area contributed by atoms with Crippen LogP contribution in [0.25, 0.3) is 11.0 Å². The SMILES string of the molecule is Cn1c(CCC2CCCCN2)nc2ccccc21. The van der Waals surface area contributed by atoms with E-state index >= 15 is 0 Å². The molecular weight excluding hydrogens is 222 g/mol. The summed E-state index contributed by atoms with van der Waals surface area (Å²) in [6, 6.07) is 9.07. The van der Waals surface area contributed by atoms with Gasteiger partial charge in [-0.25, -0.2) is 4.98 Å². The quantitative estimate of drug-likeness (QED) is 0.898. The third-order valence-corrected chi connectivity index (χ3v) is 4.01. The predicted octanol–water partition coefficient (Wildman–Crippen LogP) is 2.65. The van der Waals surface area contributed by atoms with Crippen LogP contribution >= 0.6 is 0 Å². The van der Waals surface area contributed by atoms with Gasteiger partial charge in [-0.3, -0.25) is 0 Å². The van der Waals surface area contributed by atoms with E-state index in [9.17, 15) is 0 Å². The third-order valence-electron chi connectivity index (χ3n) is 4.01. The molecule has 18 heavy (non-hydrogen) atoms. The molecule has 1 aromatic carbocycles. The molecule has 1 N–H and O–H groups in total. The number of para-hydroxylation sites is 2. The minimum Gasteiger partial charge on any atom is -0.331 e. The Bertz CT molecular complexity index is 524. The first-order valence-electron chi connectivity index (χ1n) is 6.98. The van der Waals surface area contributed by atoms with E-state index in [4.69, 9.17) is 4.98 Å². The van der Waals surface area contributed by atoms with Gasteiger partial charge in [-0.1, -0.05) is 18.6 Å². The summed E-state index contributed by atoms with van der Waals surface area (Å²) in [6.07, 6.45) is 6.31. The highest BCUT2D eigenvalue weighted by Gasteiger charge is 2.14. The van der Waals surface area contributed by atoms with E-state index in [0.717, 1.165) is 11.9 Å². The summed E-state index contributed by atoms with van der Waals surface area (Å²) in [5, 5.41) is 3.61. The minimum atomic E-state index is 0.693. The van der Waals surface area contributed by atoms with Crippen LogP contribution in [0.4, 0.5) is 0 Å². The number of imidazole rings is 1. The fraction of sp³-hybridized carbons (Fsp3) is 0.533. The van der Waals surface area contributed by atoms with Gasteiger partial charge in [0.05, 0.1) is 11.0 Å². The molecule has 0 amide bonds. The smallest absolute Gasteiger partial charge is 0.109 e. The van der Waals surface area contributed by atoms with Gasteiger partial charge in [0.25, 0.3) is 0 Å². The molecule has 3 nitrogen and oxygen atoms in total. The number of aryl methyl sites for hydroxylation is 2. The van der Waals surface area contributed by atoms with Crippen molar-refractivity contribution in [1.29, 1.82) is 0 Å². The summed E-state index contributed by atoms with van der Waals surface area (Å²) in [6.45, 7) is 1.19. The highest BCUT2D eigenvalue weighted by molar-refractivity contribution is 5.75. The Morgan fingerprint density at radius 2 is 2.22 bits per heavy atom. The highest BCUT2D eigenvalue weighted by Crippen LogP contribution is 2.17. The van der Waals surface area contributed by atoms with Crippen LogP contribution in [-0.2, 0) is 13.5 Å². The van der Waals surface area contributed by atoms with E-state index in [1.807, 2.05) is 0 Å². The van der Waals surface area contributed by atoms with Crippen LogP contribution in [-0.4, -0.2) is 22.1 Å². The molecule has 1 aliphatic rings. The molecule has 0 bridgehead atoms. The van der Waals surface area contributed by atoms with Gasteiger partial charge in [-0.15, -0.1) is 0 Å². The van der Waals surface area contributed by atoms with Crippen molar-refractivity contribution in [3.8, 4) is 0 Å². The van der Waals surface area contributed by atoms with Crippen LogP contribution in [0.1, 0.15) is 31.5 Å². The lowest BCUT2D eigenvalue weighted by molar-refractivity contribution is 0.380. The predicted molar refractivity (Wildman–Crippen MR) is 74.7 cm³/mol. The zero-order chi connectivity index (χ0) is 12.4. The molecule has 3 rings (SSSR count). The van der Waals surface area contributed by atoms with Crippen molar-refractivity contribution in [3.05, 3.63) is 30.1 Å². The summed E-state index contributed by atoms with van der Waals surface area (Å²) in [5.41, 5.74) is 2.36. The van der Waals surface area contributed by atoms with Gasteiger partial charge in [0, 0.05) is 19.5 Å². The normalized spacial score (nSPS) is 20.4. The Labute approximate surface area is 108 Å². The van der Waals surface area contributed by atoms with E-state index in [-0.39, 0.29) is 0 Å². The molecule has 3 heteroatoms. The van der Waals surface area contributed by atoms with Crippen LogP contribution < -0.4 is 5.32 Å². The number of nitrogens with one attached hydrogen (secondary N) is 1. The maximum absolute atomic E-state index is 4.73. The number of rotatable bonds is 3. The Balaban J connectivity index is 1.72. The maximum Gasteiger partial charge on any atom is 0.109 e. The molecule has 0 aliphatic carbocycles. The molecule has 0 spiro atoms. The van der Waals surface area contributed by atoms with Crippen molar-refractivity contribution in [1.82, 2.24) is 14.9 Å². The summed E-state index contributed by atoms with van der Waals surface area (Å²) in [7, 11) is 2.12. The maximum atomic E-state index is 4.73. The minimum absolute atomic E-state index is 0.693. The number of nitrogens with zero attached hydrogens (tertiary/aromatic N) is 2. The second kappa shape index (κ2) is 5.11. The fourth-order valence-corrected chi connectivity index (χ4v) is 2.89. The van der Waals surface area contributed by atoms with Gasteiger partial charge in [0.2, 0.25) is 0 Å². The molecular formula is C15H21N3. The van der Waals surface area contributed by atoms with Crippen LogP contribution in [0.15, 0.2) is 24.3 Å². The second-order valence-electron chi connectivity index (χ2n) is 5.26. The van der Waals surface area contributed by atoms with Crippen molar-refractivity contribution < 1.29 is 0 Å². The largest absolute Gasteiger partial charge is 0.331 e. The van der Waals surface area contributed by atoms with E-state index in [1.165, 1.54) is 43.6 Å². The summed E-state index contributed by atoms with van der Waals surface area (Å²) in [5.74, 6) is 1.21. The topological polar surface area (TPSA) is 29.9 Å². The van der Waals surface area contributed by atoms with Gasteiger partial charge in [-0.2, -0.15) is 0 Å². The lowest BCUT2D eigenvalue weighted by Gasteiger charge is -2.23. The lowest BCUT2D eigenvalue weighted by atomic mass is 10.0. The summed E-state index contributed by atoms with van der Waals surface area (Å²) < 4.78 is 2.23. The molecule has 1 aliphatic heterocycles. The van der Waals surface area contributed by atoms with Crippen molar-refractivity contribution in [3.63, 3.8) is 0 Å². The Kier molecular flexibility index (Phi) is 3.33. The zero-order valence-corrected chi connectivity index (χ0v) is 11.0. The van der Waals surface area contributed by atoms with Gasteiger partial charge < -0.3 is 9.88 Å². The standard InChI is InChI=1S/C15H21N3/c1-18-14-8-3-2-7-13(14)17-15(18)10-9-12-6-4-5-11-16-12/h2-3,7-8,12,16H,4-6,9-11H2,1H3. The van der Waals surface area contributed by atoms with Crippen LogP contribution in [0.5, 0.6) is 0 Å². The third kappa shape index (κ3) is 2.27. The molecule has 1 aromatic heterocycles. The first kappa shape index (κ1) is 11.7. The number of piperidine rings is 1. The highest BCUT2D eigenvalue weighted by atomic mass is 15.1. The first-order chi connectivity index (χ1) is 8.84. The fourth-order valence-electron chi connectivity index (χ4n) is 2.89. The summed E-state index contributed by atoms with van der Waals surface area (Å²) in [4.78, 5) is 4.73. The van der Waals surface area contributed by atoms with E-state index in [1.54, 1.807) is 0 Å². The average molecular weight is 243 g/mol. The zero-order valence-electron chi connectivity index (χ0n) is 11.0. The number of benzene rings is 1.